The van der Waals surface area contributed by atoms with E-state index in [0.29, 0.717) is 0 Å². The summed E-state index contributed by atoms with van der Waals surface area (Å²) in [4.78, 5) is 0. The lowest BCUT2D eigenvalue weighted by Crippen LogP contribution is -2.00. The first-order valence-corrected chi connectivity index (χ1v) is 6.06. The van der Waals surface area contributed by atoms with Gasteiger partial charge >= 0.3 is 0 Å². The monoisotopic (exact) mass is 205 g/mol. The SMILES string of the molecule is CCCCC[C@H](C)Cc1ccc(N)cc1. The first kappa shape index (κ1) is 12.1. The third kappa shape index (κ3) is 4.87. The molecule has 0 amide bonds. The number of unbranched alkanes of at least 4 members (excludes halogenated alkanes) is 2. The maximum Gasteiger partial charge on any atom is 0.0314 e. The van der Waals surface area contributed by atoms with Gasteiger partial charge < -0.3 is 5.73 Å². The zero-order valence-electron chi connectivity index (χ0n) is 10.00. The van der Waals surface area contributed by atoms with E-state index in [-0.39, 0.29) is 0 Å². The molecule has 0 aromatic heterocycles. The number of benzene rings is 1. The Morgan fingerprint density at radius 2 is 1.80 bits per heavy atom. The quantitative estimate of drug-likeness (QED) is 0.550. The number of anilines is 1. The van der Waals surface area contributed by atoms with Gasteiger partial charge in [0.1, 0.15) is 0 Å². The molecule has 0 aliphatic rings. The van der Waals surface area contributed by atoms with Crippen molar-refractivity contribution in [1.29, 1.82) is 0 Å². The fourth-order valence-electron chi connectivity index (χ4n) is 1.90. The van der Waals surface area contributed by atoms with Crippen molar-refractivity contribution < 1.29 is 0 Å². The van der Waals surface area contributed by atoms with E-state index in [0.717, 1.165) is 11.6 Å². The Balaban J connectivity index is 2.31. The zero-order valence-corrected chi connectivity index (χ0v) is 10.00. The van der Waals surface area contributed by atoms with E-state index < -0.39 is 0 Å². The molecule has 0 heterocycles. The Bertz CT molecular complexity index is 263. The van der Waals surface area contributed by atoms with Gasteiger partial charge in [-0.15, -0.1) is 0 Å². The van der Waals surface area contributed by atoms with Crippen molar-refractivity contribution in [2.24, 2.45) is 5.92 Å². The summed E-state index contributed by atoms with van der Waals surface area (Å²) in [6.07, 6.45) is 6.58. The Kier molecular flexibility index (Phi) is 5.23. The van der Waals surface area contributed by atoms with E-state index in [2.05, 4.69) is 26.0 Å². The lowest BCUT2D eigenvalue weighted by molar-refractivity contribution is 0.493. The van der Waals surface area contributed by atoms with E-state index in [1.165, 1.54) is 37.7 Å². The van der Waals surface area contributed by atoms with Gasteiger partial charge in [0.25, 0.3) is 0 Å². The molecule has 1 aromatic carbocycles. The van der Waals surface area contributed by atoms with Gasteiger partial charge in [-0.05, 0) is 30.0 Å². The number of nitrogen functional groups attached to an aromatic ring is 1. The highest BCUT2D eigenvalue weighted by Crippen LogP contribution is 2.16. The Labute approximate surface area is 93.7 Å². The summed E-state index contributed by atoms with van der Waals surface area (Å²) >= 11 is 0. The number of nitrogens with two attached hydrogens (primary N) is 1. The van der Waals surface area contributed by atoms with Gasteiger partial charge in [-0.2, -0.15) is 0 Å². The largest absolute Gasteiger partial charge is 0.399 e. The molecule has 1 aromatic rings. The van der Waals surface area contributed by atoms with Crippen LogP contribution in [0, 0.1) is 5.92 Å². The van der Waals surface area contributed by atoms with Crippen LogP contribution < -0.4 is 5.73 Å². The standard InChI is InChI=1S/C14H23N/c1-3-4-5-6-12(2)11-13-7-9-14(15)10-8-13/h7-10,12H,3-6,11,15H2,1-2H3/t12-/m0/s1. The summed E-state index contributed by atoms with van der Waals surface area (Å²) < 4.78 is 0. The molecule has 0 radical (unpaired) electrons. The summed E-state index contributed by atoms with van der Waals surface area (Å²) in [7, 11) is 0. The predicted octanol–water partition coefficient (Wildman–Crippen LogP) is 4.03. The summed E-state index contributed by atoms with van der Waals surface area (Å²) in [5.74, 6) is 0.792. The Morgan fingerprint density at radius 1 is 1.13 bits per heavy atom. The molecule has 1 rings (SSSR count). The second-order valence-electron chi connectivity index (χ2n) is 4.55. The predicted molar refractivity (Wildman–Crippen MR) is 67.9 cm³/mol. The van der Waals surface area contributed by atoms with Gasteiger partial charge in [-0.3, -0.25) is 0 Å². The Morgan fingerprint density at radius 3 is 2.40 bits per heavy atom. The average Bonchev–Trinajstić information content (AvgIpc) is 2.22. The molecule has 0 saturated heterocycles. The molecule has 0 spiro atoms. The van der Waals surface area contributed by atoms with Crippen LogP contribution in [0.2, 0.25) is 0 Å². The van der Waals surface area contributed by atoms with E-state index in [1.807, 2.05) is 12.1 Å². The van der Waals surface area contributed by atoms with Crippen molar-refractivity contribution >= 4 is 5.69 Å². The molecule has 0 unspecified atom stereocenters. The van der Waals surface area contributed by atoms with Crippen molar-refractivity contribution in [3.8, 4) is 0 Å². The van der Waals surface area contributed by atoms with Gasteiger partial charge in [0.15, 0.2) is 0 Å². The fourth-order valence-corrected chi connectivity index (χ4v) is 1.90. The van der Waals surface area contributed by atoms with Gasteiger partial charge in [0, 0.05) is 5.69 Å². The molecule has 0 bridgehead atoms. The molecular formula is C14H23N. The summed E-state index contributed by atoms with van der Waals surface area (Å²) in [6, 6.07) is 8.28. The molecule has 0 fully saturated rings. The van der Waals surface area contributed by atoms with Gasteiger partial charge in [0.2, 0.25) is 0 Å². The highest BCUT2D eigenvalue weighted by Gasteiger charge is 2.03. The molecular weight excluding hydrogens is 182 g/mol. The lowest BCUT2D eigenvalue weighted by Gasteiger charge is -2.11. The van der Waals surface area contributed by atoms with E-state index >= 15 is 0 Å². The second kappa shape index (κ2) is 6.49. The van der Waals surface area contributed by atoms with Crippen LogP contribution in [0.5, 0.6) is 0 Å². The lowest BCUT2D eigenvalue weighted by atomic mass is 9.95. The van der Waals surface area contributed by atoms with Crippen molar-refractivity contribution in [3.63, 3.8) is 0 Å². The van der Waals surface area contributed by atoms with Crippen LogP contribution in [0.1, 0.15) is 45.1 Å². The first-order chi connectivity index (χ1) is 7.22. The zero-order chi connectivity index (χ0) is 11.1. The summed E-state index contributed by atoms with van der Waals surface area (Å²) in [5.41, 5.74) is 7.92. The van der Waals surface area contributed by atoms with Crippen LogP contribution in [-0.2, 0) is 6.42 Å². The third-order valence-electron chi connectivity index (χ3n) is 2.86. The molecule has 15 heavy (non-hydrogen) atoms. The van der Waals surface area contributed by atoms with Crippen LogP contribution in [0.3, 0.4) is 0 Å². The number of hydrogen-bond donors (Lipinski definition) is 1. The van der Waals surface area contributed by atoms with Crippen molar-refractivity contribution in [2.75, 3.05) is 5.73 Å². The van der Waals surface area contributed by atoms with Crippen LogP contribution in [0.4, 0.5) is 5.69 Å². The summed E-state index contributed by atoms with van der Waals surface area (Å²) in [5, 5.41) is 0. The smallest absolute Gasteiger partial charge is 0.0314 e. The Hall–Kier alpha value is -0.980. The average molecular weight is 205 g/mol. The highest BCUT2D eigenvalue weighted by molar-refractivity contribution is 5.39. The van der Waals surface area contributed by atoms with Crippen molar-refractivity contribution in [1.82, 2.24) is 0 Å². The number of rotatable bonds is 6. The minimum absolute atomic E-state index is 0.792. The van der Waals surface area contributed by atoms with Gasteiger partial charge in [-0.1, -0.05) is 51.7 Å². The molecule has 1 atom stereocenters. The second-order valence-corrected chi connectivity index (χ2v) is 4.55. The van der Waals surface area contributed by atoms with Crippen LogP contribution in [0.25, 0.3) is 0 Å². The fraction of sp³-hybridized carbons (Fsp3) is 0.571. The first-order valence-electron chi connectivity index (χ1n) is 6.06. The molecule has 1 nitrogen and oxygen atoms in total. The van der Waals surface area contributed by atoms with Crippen LogP contribution in [0.15, 0.2) is 24.3 Å². The topological polar surface area (TPSA) is 26.0 Å². The number of hydrogen-bond acceptors (Lipinski definition) is 1. The molecule has 84 valence electrons. The van der Waals surface area contributed by atoms with Crippen LogP contribution in [-0.4, -0.2) is 0 Å². The van der Waals surface area contributed by atoms with Crippen molar-refractivity contribution in [3.05, 3.63) is 29.8 Å². The van der Waals surface area contributed by atoms with Crippen molar-refractivity contribution in [2.45, 2.75) is 46.0 Å². The summed E-state index contributed by atoms with van der Waals surface area (Å²) in [6.45, 7) is 4.59. The third-order valence-corrected chi connectivity index (χ3v) is 2.86. The maximum atomic E-state index is 5.66. The molecule has 0 aliphatic carbocycles. The van der Waals surface area contributed by atoms with E-state index in [9.17, 15) is 0 Å². The van der Waals surface area contributed by atoms with E-state index in [4.69, 9.17) is 5.73 Å². The van der Waals surface area contributed by atoms with Gasteiger partial charge in [0.05, 0.1) is 0 Å². The van der Waals surface area contributed by atoms with E-state index in [1.54, 1.807) is 0 Å². The minimum Gasteiger partial charge on any atom is -0.399 e. The molecule has 0 saturated carbocycles. The van der Waals surface area contributed by atoms with Crippen LogP contribution >= 0.6 is 0 Å². The van der Waals surface area contributed by atoms with Gasteiger partial charge in [-0.25, -0.2) is 0 Å². The maximum absolute atomic E-state index is 5.66. The normalized spacial score (nSPS) is 12.7. The molecule has 1 heteroatoms. The highest BCUT2D eigenvalue weighted by atomic mass is 14.5. The molecule has 0 aliphatic heterocycles. The molecule has 2 N–H and O–H groups in total. The minimum atomic E-state index is 0.792.